The Bertz CT molecular complexity index is 11100. The summed E-state index contributed by atoms with van der Waals surface area (Å²) < 4.78 is 9.10. The Kier molecular flexibility index (Phi) is 15.6. The summed E-state index contributed by atoms with van der Waals surface area (Å²) in [4.78, 5) is 91.7. The Morgan fingerprint density at radius 2 is 0.589 bits per heavy atom. The van der Waals surface area contributed by atoms with E-state index < -0.39 is 6.23 Å². The molecule has 1 unspecified atom stereocenters. The minimum absolute atomic E-state index is 0.138. The van der Waals surface area contributed by atoms with E-state index in [-0.39, 0.29) is 22.2 Å². The molecule has 1 aliphatic heterocycles. The van der Waals surface area contributed by atoms with Gasteiger partial charge in [-0.25, -0.2) is 24.9 Å². The number of aliphatic hydroxyl groups excluding tert-OH is 1. The fraction of sp³-hybridized carbons (Fsp3) is 0.00794. The molecule has 1 N–H and O–H groups in total. The van der Waals surface area contributed by atoms with Crippen molar-refractivity contribution in [3.05, 3.63) is 447 Å². The van der Waals surface area contributed by atoms with Gasteiger partial charge in [0.15, 0.2) is 6.23 Å². The van der Waals surface area contributed by atoms with Crippen molar-refractivity contribution in [2.75, 3.05) is 0 Å². The molecule has 0 fully saturated rings. The number of benzene rings is 21. The van der Waals surface area contributed by atoms with Gasteiger partial charge in [-0.3, -0.25) is 41.3 Å². The minimum atomic E-state index is -1.15. The maximum Gasteiger partial charge on any atom is 0.264 e. The first kappa shape index (κ1) is 77.2. The quantitative estimate of drug-likeness (QED) is 0.139. The van der Waals surface area contributed by atoms with Gasteiger partial charge >= 0.3 is 0 Å². The van der Waals surface area contributed by atoms with Gasteiger partial charge in [-0.15, -0.1) is 0 Å². The summed E-state index contributed by atoms with van der Waals surface area (Å²) in [5.41, 5.74) is 27.8. The van der Waals surface area contributed by atoms with Crippen molar-refractivity contribution < 1.29 is 5.11 Å². The van der Waals surface area contributed by atoms with E-state index in [1.807, 2.05) is 195 Å². The summed E-state index contributed by atoms with van der Waals surface area (Å²) in [6.07, 6.45) is -1.15. The van der Waals surface area contributed by atoms with Crippen LogP contribution in [0, 0.1) is 0 Å². The van der Waals surface area contributed by atoms with E-state index in [1.54, 1.807) is 8.80 Å². The normalized spacial score (nSPS) is 13.0. The molecule has 1 aliphatic rings. The van der Waals surface area contributed by atoms with Crippen molar-refractivity contribution in [2.24, 2.45) is 0 Å². The molecule has 10 heterocycles. The average Bonchev–Trinajstić information content (AvgIpc) is 1.66. The van der Waals surface area contributed by atoms with Crippen molar-refractivity contribution in [1.82, 2.24) is 47.1 Å². The van der Waals surface area contributed by atoms with Crippen LogP contribution in [-0.2, 0) is 0 Å². The van der Waals surface area contributed by atoms with Gasteiger partial charge < -0.3 is 5.11 Å². The maximum absolute atomic E-state index is 17.4. The van der Waals surface area contributed by atoms with Gasteiger partial charge in [0.2, 0.25) is 0 Å². The van der Waals surface area contributed by atoms with Crippen LogP contribution < -0.4 is 22.2 Å². The van der Waals surface area contributed by atoms with Gasteiger partial charge in [0.05, 0.1) is 55.2 Å². The van der Waals surface area contributed by atoms with Gasteiger partial charge in [-0.1, -0.05) is 297 Å². The molecule has 31 rings (SSSR count). The maximum atomic E-state index is 17.4. The number of rotatable bonds is 10. The lowest BCUT2D eigenvalue weighted by Crippen LogP contribution is -2.16. The summed E-state index contributed by atoms with van der Waals surface area (Å²) in [6, 6.07) is 136. The zero-order chi connectivity index (χ0) is 92.7. The van der Waals surface area contributed by atoms with Crippen LogP contribution in [0.15, 0.2) is 420 Å². The Balaban J connectivity index is 0.645. The summed E-state index contributed by atoms with van der Waals surface area (Å²) in [7, 11) is 0. The van der Waals surface area contributed by atoms with Crippen LogP contribution in [0.5, 0.6) is 0 Å². The highest BCUT2D eigenvalue weighted by atomic mass is 16.3. The first-order valence-corrected chi connectivity index (χ1v) is 47.3. The van der Waals surface area contributed by atoms with Crippen LogP contribution in [0.4, 0.5) is 0 Å². The molecule has 15 nitrogen and oxygen atoms in total. The fourth-order valence-electron chi connectivity index (χ4n) is 24.0. The number of aliphatic hydroxyl groups is 1. The molecule has 0 amide bonds. The molecule has 0 bridgehead atoms. The SMILES string of the molecule is O=c1c2ccc(-c3ccc4c5c(cc(-c6cc7c(=O)n8c9cc(-c%10ccc(-c%11ccc%12c%13c%11cccc%13c(=O)n%11c%12nc%12cc(-c%13ccccc%13)cc(-c%13ccccc%13)c%12%11)cc%10)cc(-c%10ccccc%10)c9nc8c8cccc(c6-c6ccc9c(=O)n%10c%11cc(-c%12ccccc%12)cc(-c%12ccccc%12)c%11nc%10c%10cccc6c9%10)c78)cc35)-c3nc5ccccc5n3C4O)c3cccc(c32)c2nc3ccccc3n12. The molecule has 30 aromatic rings. The third-order valence-electron chi connectivity index (χ3n) is 30.2. The lowest BCUT2D eigenvalue weighted by Gasteiger charge is -2.28. The molecule has 0 radical (unpaired) electrons. The number of pyridine rings is 4. The number of nitrogens with zero attached hydrogens (tertiary/aromatic N) is 10. The van der Waals surface area contributed by atoms with E-state index in [0.29, 0.717) is 94.1 Å². The highest BCUT2D eigenvalue weighted by Crippen LogP contribution is 2.54. The van der Waals surface area contributed by atoms with Crippen molar-refractivity contribution in [3.63, 3.8) is 0 Å². The second-order valence-corrected chi connectivity index (χ2v) is 37.4. The molecule has 0 saturated heterocycles. The first-order valence-electron chi connectivity index (χ1n) is 47.3. The molecule has 0 spiro atoms. The smallest absolute Gasteiger partial charge is 0.264 e. The predicted molar refractivity (Wildman–Crippen MR) is 572 cm³/mol. The molecular formula is C126H68N10O5. The highest BCUT2D eigenvalue weighted by molar-refractivity contribution is 6.29. The van der Waals surface area contributed by atoms with Gasteiger partial charge in [-0.2, -0.15) is 0 Å². The molecule has 15 heteroatoms. The second kappa shape index (κ2) is 28.5. The molecule has 9 aromatic heterocycles. The minimum Gasteiger partial charge on any atom is -0.369 e. The van der Waals surface area contributed by atoms with E-state index >= 15 is 19.2 Å². The zero-order valence-electron chi connectivity index (χ0n) is 74.7. The van der Waals surface area contributed by atoms with Crippen molar-refractivity contribution in [3.8, 4) is 123 Å². The number of imidazole rings is 5. The van der Waals surface area contributed by atoms with Gasteiger partial charge in [-0.05, 0) is 225 Å². The summed E-state index contributed by atoms with van der Waals surface area (Å²) in [5, 5.41) is 26.6. The average molecular weight is 1800 g/mol. The van der Waals surface area contributed by atoms with E-state index in [9.17, 15) is 5.11 Å². The van der Waals surface area contributed by atoms with E-state index in [2.05, 4.69) is 218 Å². The highest BCUT2D eigenvalue weighted by Gasteiger charge is 2.35. The summed E-state index contributed by atoms with van der Waals surface area (Å²) >= 11 is 0. The van der Waals surface area contributed by atoms with Crippen LogP contribution in [0.3, 0.4) is 0 Å². The number of para-hydroxylation sites is 4. The number of aromatic nitrogens is 10. The van der Waals surface area contributed by atoms with Crippen molar-refractivity contribution in [2.45, 2.75) is 6.23 Å². The summed E-state index contributed by atoms with van der Waals surface area (Å²) in [6.45, 7) is 0. The lowest BCUT2D eigenvalue weighted by atomic mass is 9.81. The standard InChI is InChI=1S/C126H68N10O5/c137-122-91-55-51-79(82-35-20-38-86(110(82)91)117-127-101-42-16-18-44-104(101)132(117)122)80-52-56-93-113-98(80)61-77(62-99(113)121-128-102-43-17-19-45-105(102)133(121)123(93)138)94-66-100-112-85(108(94)84-53-57-92-111-83(84)36-21-39-87(111)119-130-114-95(70-28-10-3-11-29-70)58-75(68-26-8-2-9-27-68)64-106(114)134(119)124(92)139)37-23-40-88(112)120-131-115-96(71-30-12-4-13-31-71)59-76(65-107(115)135(120)126(100)141)69-46-48-73(49-47-69)78-50-54-89-109-81(78)34-22-41-90(109)125(140)136-116-97(72-32-14-5-15-33-72)60-74(63-103(116)129-118(89)136)67-24-6-1-7-25-67/h1-66,123,138H. The third kappa shape index (κ3) is 10.6. The molecule has 21 aromatic carbocycles. The topological polar surface area (TPSA) is 176 Å². The zero-order valence-corrected chi connectivity index (χ0v) is 74.7. The van der Waals surface area contributed by atoms with Crippen LogP contribution in [0.2, 0.25) is 0 Å². The Morgan fingerprint density at radius 1 is 0.206 bits per heavy atom. The Morgan fingerprint density at radius 3 is 1.19 bits per heavy atom. The monoisotopic (exact) mass is 1800 g/mol. The first-order chi connectivity index (χ1) is 69.5. The van der Waals surface area contributed by atoms with Crippen LogP contribution >= 0.6 is 0 Å². The van der Waals surface area contributed by atoms with E-state index in [4.69, 9.17) is 24.9 Å². The molecule has 652 valence electrons. The second-order valence-electron chi connectivity index (χ2n) is 37.4. The lowest BCUT2D eigenvalue weighted by molar-refractivity contribution is 0.152. The number of fused-ring (bicyclic) bond motifs is 20. The molecule has 0 saturated carbocycles. The molecule has 0 aliphatic carbocycles. The van der Waals surface area contributed by atoms with Gasteiger partial charge in [0.25, 0.3) is 22.2 Å². The van der Waals surface area contributed by atoms with Crippen LogP contribution in [-0.4, -0.2) is 52.2 Å². The van der Waals surface area contributed by atoms with Crippen molar-refractivity contribution in [1.29, 1.82) is 0 Å². The van der Waals surface area contributed by atoms with Gasteiger partial charge in [0, 0.05) is 97.8 Å². The third-order valence-corrected chi connectivity index (χ3v) is 30.2. The van der Waals surface area contributed by atoms with Crippen molar-refractivity contribution >= 4 is 175 Å². The molecular weight excluding hydrogens is 1730 g/mol. The van der Waals surface area contributed by atoms with Gasteiger partial charge in [0.1, 0.15) is 28.4 Å². The largest absolute Gasteiger partial charge is 0.369 e. The number of hydrogen-bond acceptors (Lipinski definition) is 10. The van der Waals surface area contributed by atoms with Crippen LogP contribution in [0.1, 0.15) is 11.8 Å². The fourth-order valence-corrected chi connectivity index (χ4v) is 24.0. The number of hydrogen-bond donors (Lipinski definition) is 1. The van der Waals surface area contributed by atoms with E-state index in [0.717, 1.165) is 209 Å². The molecule has 141 heavy (non-hydrogen) atoms. The molecule has 1 atom stereocenters. The van der Waals surface area contributed by atoms with E-state index in [1.165, 1.54) is 0 Å². The predicted octanol–water partition coefficient (Wildman–Crippen LogP) is 28.0. The Labute approximate surface area is 797 Å². The Hall–Kier alpha value is -19.1. The van der Waals surface area contributed by atoms with Crippen LogP contribution in [0.25, 0.3) is 297 Å². The summed E-state index contributed by atoms with van der Waals surface area (Å²) in [5.74, 6) is 0.556.